The number of nitrogens with zero attached hydrogens (tertiary/aromatic N) is 1. The van der Waals surface area contributed by atoms with Crippen LogP contribution < -0.4 is 0 Å². The minimum atomic E-state index is -0.150. The molecule has 2 N–H and O–H groups in total. The van der Waals surface area contributed by atoms with Gasteiger partial charge in [-0.15, -0.1) is 11.8 Å². The van der Waals surface area contributed by atoms with Gasteiger partial charge >= 0.3 is 0 Å². The number of aromatic nitrogens is 1. The lowest BCUT2D eigenvalue weighted by Crippen LogP contribution is -1.91. The van der Waals surface area contributed by atoms with Gasteiger partial charge < -0.3 is 10.5 Å². The molecule has 0 unspecified atom stereocenters. The second-order valence-electron chi connectivity index (χ2n) is 4.73. The average molecular weight is 329 g/mol. The molecule has 0 aliphatic carbocycles. The smallest absolute Gasteiger partial charge is 0.231 e. The SMILES string of the molecule is N=Cc1ccccc1CSc1nc(O)c(Cl)c2ccccc12. The van der Waals surface area contributed by atoms with Gasteiger partial charge in [0, 0.05) is 22.7 Å². The number of pyridine rings is 1. The molecule has 5 heteroatoms. The van der Waals surface area contributed by atoms with E-state index >= 15 is 0 Å². The molecule has 3 aromatic rings. The fourth-order valence-corrected chi connectivity index (χ4v) is 3.50. The molecule has 2 aromatic carbocycles. The highest BCUT2D eigenvalue weighted by molar-refractivity contribution is 7.98. The van der Waals surface area contributed by atoms with Crippen molar-refractivity contribution in [2.75, 3.05) is 0 Å². The molecule has 110 valence electrons. The molecule has 3 nitrogen and oxygen atoms in total. The van der Waals surface area contributed by atoms with Gasteiger partial charge in [-0.3, -0.25) is 0 Å². The summed E-state index contributed by atoms with van der Waals surface area (Å²) in [5, 5.41) is 20.1. The number of aromatic hydroxyl groups is 1. The van der Waals surface area contributed by atoms with Gasteiger partial charge in [-0.05, 0) is 11.1 Å². The lowest BCUT2D eigenvalue weighted by molar-refractivity contribution is 0.450. The largest absolute Gasteiger partial charge is 0.492 e. The van der Waals surface area contributed by atoms with Gasteiger partial charge in [-0.25, -0.2) is 4.98 Å². The number of fused-ring (bicyclic) bond motifs is 1. The maximum absolute atomic E-state index is 9.90. The Hall–Kier alpha value is -2.04. The number of rotatable bonds is 4. The van der Waals surface area contributed by atoms with E-state index < -0.39 is 0 Å². The number of nitrogens with one attached hydrogen (secondary N) is 1. The fraction of sp³-hybridized carbons (Fsp3) is 0.0588. The molecule has 0 saturated heterocycles. The van der Waals surface area contributed by atoms with Crippen molar-refractivity contribution in [3.8, 4) is 5.88 Å². The first-order valence-corrected chi connectivity index (χ1v) is 8.05. The molecule has 1 aromatic heterocycles. The van der Waals surface area contributed by atoms with E-state index in [4.69, 9.17) is 17.0 Å². The van der Waals surface area contributed by atoms with Crippen LogP contribution in [0.5, 0.6) is 5.88 Å². The van der Waals surface area contributed by atoms with Crippen LogP contribution in [-0.2, 0) is 5.75 Å². The molecule has 1 heterocycles. The average Bonchev–Trinajstić information content (AvgIpc) is 2.57. The summed E-state index contributed by atoms with van der Waals surface area (Å²) < 4.78 is 0. The van der Waals surface area contributed by atoms with Gasteiger partial charge in [0.2, 0.25) is 5.88 Å². The summed E-state index contributed by atoms with van der Waals surface area (Å²) in [6, 6.07) is 15.4. The summed E-state index contributed by atoms with van der Waals surface area (Å²) in [7, 11) is 0. The number of benzene rings is 2. The summed E-state index contributed by atoms with van der Waals surface area (Å²) in [6.45, 7) is 0. The van der Waals surface area contributed by atoms with Gasteiger partial charge in [-0.1, -0.05) is 60.1 Å². The molecule has 0 amide bonds. The molecule has 22 heavy (non-hydrogen) atoms. The Morgan fingerprint density at radius 1 is 1.09 bits per heavy atom. The quantitative estimate of drug-likeness (QED) is 0.530. The Morgan fingerprint density at radius 2 is 1.77 bits per heavy atom. The predicted octanol–water partition coefficient (Wildman–Crippen LogP) is 4.88. The van der Waals surface area contributed by atoms with Crippen molar-refractivity contribution in [2.45, 2.75) is 10.8 Å². The van der Waals surface area contributed by atoms with Crippen molar-refractivity contribution in [1.82, 2.24) is 4.98 Å². The number of hydrogen-bond donors (Lipinski definition) is 2. The Kier molecular flexibility index (Phi) is 4.32. The Morgan fingerprint density at radius 3 is 2.55 bits per heavy atom. The third kappa shape index (κ3) is 2.80. The zero-order valence-electron chi connectivity index (χ0n) is 11.6. The van der Waals surface area contributed by atoms with E-state index in [1.165, 1.54) is 18.0 Å². The molecule has 0 atom stereocenters. The van der Waals surface area contributed by atoms with Crippen molar-refractivity contribution < 1.29 is 5.11 Å². The summed E-state index contributed by atoms with van der Waals surface area (Å²) in [5.41, 5.74) is 1.94. The van der Waals surface area contributed by atoms with Crippen LogP contribution in [0.25, 0.3) is 10.8 Å². The van der Waals surface area contributed by atoms with Crippen molar-refractivity contribution in [3.05, 3.63) is 64.7 Å². The van der Waals surface area contributed by atoms with Gasteiger partial charge in [0.15, 0.2) is 0 Å². The van der Waals surface area contributed by atoms with E-state index in [-0.39, 0.29) is 10.9 Å². The van der Waals surface area contributed by atoms with Crippen LogP contribution in [0.1, 0.15) is 11.1 Å². The van der Waals surface area contributed by atoms with Crippen LogP contribution in [0.2, 0.25) is 5.02 Å². The molecular formula is C17H13ClN2OS. The normalized spacial score (nSPS) is 10.8. The van der Waals surface area contributed by atoms with Crippen LogP contribution in [0.4, 0.5) is 0 Å². The lowest BCUT2D eigenvalue weighted by Gasteiger charge is -2.09. The standard InChI is InChI=1S/C17H13ClN2OS/c18-15-13-7-3-4-8-14(13)17(20-16(15)21)22-10-12-6-2-1-5-11(12)9-19/h1-9,19H,10H2,(H,20,21). The molecule has 0 aliphatic heterocycles. The lowest BCUT2D eigenvalue weighted by atomic mass is 10.1. The van der Waals surface area contributed by atoms with Gasteiger partial charge in [0.25, 0.3) is 0 Å². The summed E-state index contributed by atoms with van der Waals surface area (Å²) in [5.74, 6) is 0.520. The van der Waals surface area contributed by atoms with Crippen molar-refractivity contribution in [1.29, 1.82) is 5.41 Å². The van der Waals surface area contributed by atoms with E-state index in [9.17, 15) is 5.11 Å². The summed E-state index contributed by atoms with van der Waals surface area (Å²) in [6.07, 6.45) is 1.35. The molecule has 0 bridgehead atoms. The molecular weight excluding hydrogens is 316 g/mol. The Balaban J connectivity index is 1.98. The number of thioether (sulfide) groups is 1. The summed E-state index contributed by atoms with van der Waals surface area (Å²) in [4.78, 5) is 4.20. The van der Waals surface area contributed by atoms with Crippen LogP contribution in [0.15, 0.2) is 53.6 Å². The van der Waals surface area contributed by atoms with Crippen LogP contribution >= 0.6 is 23.4 Å². The highest BCUT2D eigenvalue weighted by atomic mass is 35.5. The van der Waals surface area contributed by atoms with Gasteiger partial charge in [0.05, 0.1) is 0 Å². The van der Waals surface area contributed by atoms with E-state index in [1.807, 2.05) is 48.5 Å². The van der Waals surface area contributed by atoms with Crippen molar-refractivity contribution >= 4 is 40.3 Å². The second-order valence-corrected chi connectivity index (χ2v) is 6.07. The van der Waals surface area contributed by atoms with Crippen LogP contribution in [-0.4, -0.2) is 16.3 Å². The second kappa shape index (κ2) is 6.38. The maximum atomic E-state index is 9.90. The van der Waals surface area contributed by atoms with Crippen LogP contribution in [0, 0.1) is 5.41 Å². The molecule has 3 rings (SSSR count). The zero-order valence-corrected chi connectivity index (χ0v) is 13.2. The molecule has 0 radical (unpaired) electrons. The Labute approximate surface area is 137 Å². The van der Waals surface area contributed by atoms with E-state index in [0.29, 0.717) is 5.75 Å². The van der Waals surface area contributed by atoms with Crippen molar-refractivity contribution in [2.24, 2.45) is 0 Å². The minimum Gasteiger partial charge on any atom is -0.492 e. The molecule has 0 aliphatic rings. The highest BCUT2D eigenvalue weighted by Crippen LogP contribution is 2.37. The third-order valence-electron chi connectivity index (χ3n) is 3.37. The highest BCUT2D eigenvalue weighted by Gasteiger charge is 2.12. The first-order chi connectivity index (χ1) is 10.7. The first kappa shape index (κ1) is 14.9. The zero-order chi connectivity index (χ0) is 15.5. The fourth-order valence-electron chi connectivity index (χ4n) is 2.25. The van der Waals surface area contributed by atoms with Crippen molar-refractivity contribution in [3.63, 3.8) is 0 Å². The maximum Gasteiger partial charge on any atom is 0.231 e. The molecule has 0 fully saturated rings. The van der Waals surface area contributed by atoms with Gasteiger partial charge in [-0.2, -0.15) is 0 Å². The van der Waals surface area contributed by atoms with Crippen LogP contribution in [0.3, 0.4) is 0 Å². The predicted molar refractivity (Wildman–Crippen MR) is 92.3 cm³/mol. The third-order valence-corrected chi connectivity index (χ3v) is 4.79. The number of hydrogen-bond acceptors (Lipinski definition) is 4. The van der Waals surface area contributed by atoms with E-state index in [0.717, 1.165) is 26.9 Å². The topological polar surface area (TPSA) is 57.0 Å². The van der Waals surface area contributed by atoms with E-state index in [2.05, 4.69) is 4.98 Å². The molecule has 0 saturated carbocycles. The van der Waals surface area contributed by atoms with Gasteiger partial charge in [0.1, 0.15) is 10.0 Å². The molecule has 0 spiro atoms. The monoisotopic (exact) mass is 328 g/mol. The number of halogens is 1. The first-order valence-electron chi connectivity index (χ1n) is 6.69. The van der Waals surface area contributed by atoms with E-state index in [1.54, 1.807) is 0 Å². The minimum absolute atomic E-state index is 0.150. The Bertz CT molecular complexity index is 851. The summed E-state index contributed by atoms with van der Waals surface area (Å²) >= 11 is 7.63.